The number of piperazine rings is 1. The lowest BCUT2D eigenvalue weighted by Gasteiger charge is -2.36. The molecule has 1 N–H and O–H groups in total. The fourth-order valence-electron chi connectivity index (χ4n) is 3.06. The van der Waals surface area contributed by atoms with Crippen LogP contribution < -0.4 is 10.5 Å². The number of H-pyrrole nitrogens is 1. The van der Waals surface area contributed by atoms with E-state index in [0.29, 0.717) is 37.4 Å². The third-order valence-corrected chi connectivity index (χ3v) is 4.55. The van der Waals surface area contributed by atoms with E-state index in [2.05, 4.69) is 4.98 Å². The van der Waals surface area contributed by atoms with Gasteiger partial charge in [0.25, 0.3) is 5.91 Å². The van der Waals surface area contributed by atoms with Gasteiger partial charge in [-0.2, -0.15) is 0 Å². The van der Waals surface area contributed by atoms with Gasteiger partial charge in [-0.1, -0.05) is 13.8 Å². The normalized spacial score (nSPS) is 14.8. The van der Waals surface area contributed by atoms with Gasteiger partial charge in [0.05, 0.1) is 5.69 Å². The highest BCUT2D eigenvalue weighted by molar-refractivity contribution is 5.94. The number of aromatic amines is 1. The molecule has 1 aliphatic heterocycles. The molecule has 3 rings (SSSR count). The summed E-state index contributed by atoms with van der Waals surface area (Å²) < 4.78 is 27.3. The van der Waals surface area contributed by atoms with Crippen molar-refractivity contribution in [3.63, 3.8) is 0 Å². The Morgan fingerprint density at radius 3 is 2.42 bits per heavy atom. The first-order chi connectivity index (χ1) is 12.3. The van der Waals surface area contributed by atoms with Crippen LogP contribution >= 0.6 is 0 Å². The molecule has 2 aromatic rings. The van der Waals surface area contributed by atoms with Crippen molar-refractivity contribution in [1.82, 2.24) is 9.88 Å². The van der Waals surface area contributed by atoms with Gasteiger partial charge in [-0.05, 0) is 24.1 Å². The van der Waals surface area contributed by atoms with E-state index in [4.69, 9.17) is 0 Å². The third kappa shape index (κ3) is 3.76. The summed E-state index contributed by atoms with van der Waals surface area (Å²) in [5.74, 6) is -1.10. The van der Waals surface area contributed by atoms with E-state index in [-0.39, 0.29) is 23.1 Å². The number of amides is 1. The maximum absolute atomic E-state index is 13.9. The minimum Gasteiger partial charge on any atom is -0.366 e. The van der Waals surface area contributed by atoms with E-state index >= 15 is 0 Å². The van der Waals surface area contributed by atoms with Crippen LogP contribution in [-0.4, -0.2) is 42.0 Å². The van der Waals surface area contributed by atoms with Gasteiger partial charge in [0.2, 0.25) is 5.56 Å². The molecule has 5 nitrogen and oxygen atoms in total. The predicted molar refractivity (Wildman–Crippen MR) is 95.6 cm³/mol. The van der Waals surface area contributed by atoms with Crippen molar-refractivity contribution in [2.45, 2.75) is 19.8 Å². The van der Waals surface area contributed by atoms with Crippen molar-refractivity contribution in [2.75, 3.05) is 31.1 Å². The largest absolute Gasteiger partial charge is 0.366 e. The molecule has 0 radical (unpaired) electrons. The van der Waals surface area contributed by atoms with Crippen molar-refractivity contribution < 1.29 is 13.6 Å². The van der Waals surface area contributed by atoms with Gasteiger partial charge in [-0.3, -0.25) is 9.59 Å². The van der Waals surface area contributed by atoms with Crippen LogP contribution in [0.15, 0.2) is 35.1 Å². The molecular formula is C19H21F2N3O2. The van der Waals surface area contributed by atoms with Crippen LogP contribution in [0, 0.1) is 11.6 Å². The molecule has 26 heavy (non-hydrogen) atoms. The zero-order valence-corrected chi connectivity index (χ0v) is 14.8. The number of nitrogens with zero attached hydrogens (tertiary/aromatic N) is 2. The highest BCUT2D eigenvalue weighted by Crippen LogP contribution is 2.22. The van der Waals surface area contributed by atoms with Gasteiger partial charge in [0.15, 0.2) is 0 Å². The van der Waals surface area contributed by atoms with E-state index in [0.717, 1.165) is 12.1 Å². The molecule has 1 aromatic heterocycles. The van der Waals surface area contributed by atoms with Crippen molar-refractivity contribution in [3.05, 3.63) is 63.6 Å². The van der Waals surface area contributed by atoms with Crippen LogP contribution in [0.2, 0.25) is 0 Å². The number of nitrogens with one attached hydrogen (secondary N) is 1. The minimum absolute atomic E-state index is 0.100. The molecule has 0 unspecified atom stereocenters. The second-order valence-corrected chi connectivity index (χ2v) is 6.72. The molecule has 2 heterocycles. The monoisotopic (exact) mass is 361 g/mol. The molecule has 1 aromatic carbocycles. The lowest BCUT2D eigenvalue weighted by molar-refractivity contribution is 0.0746. The van der Waals surface area contributed by atoms with Gasteiger partial charge < -0.3 is 14.8 Å². The minimum atomic E-state index is -0.496. The molecule has 138 valence electrons. The van der Waals surface area contributed by atoms with E-state index in [1.165, 1.54) is 12.1 Å². The van der Waals surface area contributed by atoms with E-state index in [1.54, 1.807) is 15.9 Å². The Morgan fingerprint density at radius 1 is 1.08 bits per heavy atom. The number of aromatic nitrogens is 1. The highest BCUT2D eigenvalue weighted by Gasteiger charge is 2.24. The summed E-state index contributed by atoms with van der Waals surface area (Å²) in [6, 6.07) is 6.35. The maximum Gasteiger partial charge on any atom is 0.254 e. The lowest BCUT2D eigenvalue weighted by Crippen LogP contribution is -2.49. The zero-order chi connectivity index (χ0) is 18.8. The first-order valence-corrected chi connectivity index (χ1v) is 8.58. The zero-order valence-electron chi connectivity index (χ0n) is 14.8. The Labute approximate surface area is 150 Å². The molecule has 7 heteroatoms. The standard InChI is InChI=1S/C19H21F2N3O2/c1-12(2)16-9-13(10-18(25)22-16)19(26)24-7-5-23(6-8-24)17-11-14(20)3-4-15(17)21/h3-4,9-12H,5-8H2,1-2H3,(H,22,25). The number of hydrogen-bond acceptors (Lipinski definition) is 3. The Balaban J connectivity index is 1.73. The van der Waals surface area contributed by atoms with Crippen molar-refractivity contribution >= 4 is 11.6 Å². The quantitative estimate of drug-likeness (QED) is 0.915. The van der Waals surface area contributed by atoms with Crippen LogP contribution in [0.1, 0.15) is 35.8 Å². The summed E-state index contributed by atoms with van der Waals surface area (Å²) in [6.07, 6.45) is 0. The second kappa shape index (κ2) is 7.27. The van der Waals surface area contributed by atoms with Crippen LogP contribution in [0.3, 0.4) is 0 Å². The Bertz CT molecular complexity index is 871. The summed E-state index contributed by atoms with van der Waals surface area (Å²) in [6.45, 7) is 5.41. The summed E-state index contributed by atoms with van der Waals surface area (Å²) in [7, 11) is 0. The number of anilines is 1. The van der Waals surface area contributed by atoms with E-state index in [9.17, 15) is 18.4 Å². The molecule has 0 atom stereocenters. The molecule has 0 aliphatic carbocycles. The number of pyridine rings is 1. The van der Waals surface area contributed by atoms with Gasteiger partial charge in [0.1, 0.15) is 11.6 Å². The van der Waals surface area contributed by atoms with Gasteiger partial charge in [-0.25, -0.2) is 8.78 Å². The average Bonchev–Trinajstić information content (AvgIpc) is 2.62. The van der Waals surface area contributed by atoms with E-state index < -0.39 is 11.6 Å². The molecule has 1 fully saturated rings. The number of rotatable bonds is 3. The molecule has 1 aliphatic rings. The number of hydrogen-bond donors (Lipinski definition) is 1. The molecular weight excluding hydrogens is 340 g/mol. The first-order valence-electron chi connectivity index (χ1n) is 8.58. The van der Waals surface area contributed by atoms with Crippen molar-refractivity contribution in [3.8, 4) is 0 Å². The summed E-state index contributed by atoms with van der Waals surface area (Å²) in [5.41, 5.74) is 0.958. The smallest absolute Gasteiger partial charge is 0.254 e. The number of benzene rings is 1. The number of halogens is 2. The average molecular weight is 361 g/mol. The van der Waals surface area contributed by atoms with Gasteiger partial charge in [-0.15, -0.1) is 0 Å². The van der Waals surface area contributed by atoms with E-state index in [1.807, 2.05) is 13.8 Å². The molecule has 0 saturated carbocycles. The number of carbonyl (C=O) groups is 1. The fraction of sp³-hybridized carbons (Fsp3) is 0.368. The Hall–Kier alpha value is -2.70. The lowest BCUT2D eigenvalue weighted by atomic mass is 10.1. The maximum atomic E-state index is 13.9. The van der Waals surface area contributed by atoms with Crippen molar-refractivity contribution in [1.29, 1.82) is 0 Å². The van der Waals surface area contributed by atoms with Gasteiger partial charge in [0, 0.05) is 49.6 Å². The van der Waals surface area contributed by atoms with Crippen LogP contribution in [-0.2, 0) is 0 Å². The molecule has 0 spiro atoms. The fourth-order valence-corrected chi connectivity index (χ4v) is 3.06. The van der Waals surface area contributed by atoms with Crippen LogP contribution in [0.25, 0.3) is 0 Å². The summed E-state index contributed by atoms with van der Waals surface area (Å²) >= 11 is 0. The van der Waals surface area contributed by atoms with Crippen LogP contribution in [0.4, 0.5) is 14.5 Å². The third-order valence-electron chi connectivity index (χ3n) is 4.55. The summed E-state index contributed by atoms with van der Waals surface area (Å²) in [4.78, 5) is 30.6. The molecule has 1 saturated heterocycles. The Morgan fingerprint density at radius 2 is 1.77 bits per heavy atom. The molecule has 0 bridgehead atoms. The van der Waals surface area contributed by atoms with Crippen LogP contribution in [0.5, 0.6) is 0 Å². The summed E-state index contributed by atoms with van der Waals surface area (Å²) in [5, 5.41) is 0. The molecule has 1 amide bonds. The van der Waals surface area contributed by atoms with Gasteiger partial charge >= 0.3 is 0 Å². The first kappa shape index (κ1) is 18.1. The predicted octanol–water partition coefficient (Wildman–Crippen LogP) is 2.74. The topological polar surface area (TPSA) is 56.4 Å². The Kier molecular flexibility index (Phi) is 5.06. The second-order valence-electron chi connectivity index (χ2n) is 6.72. The SMILES string of the molecule is CC(C)c1cc(C(=O)N2CCN(c3cc(F)ccc3F)CC2)cc(=O)[nH]1. The number of carbonyl (C=O) groups excluding carboxylic acids is 1. The highest BCUT2D eigenvalue weighted by atomic mass is 19.1. The van der Waals surface area contributed by atoms with Crippen molar-refractivity contribution in [2.24, 2.45) is 0 Å².